The summed E-state index contributed by atoms with van der Waals surface area (Å²) in [6, 6.07) is 28.0. The summed E-state index contributed by atoms with van der Waals surface area (Å²) in [7, 11) is 0. The van der Waals surface area contributed by atoms with E-state index in [1.165, 1.54) is 12.1 Å². The minimum absolute atomic E-state index is 0.0228. The number of nitrogens with one attached hydrogen (secondary N) is 1. The van der Waals surface area contributed by atoms with Crippen molar-refractivity contribution < 1.29 is 18.0 Å². The Hall–Kier alpha value is -4.32. The Morgan fingerprint density at radius 2 is 1.46 bits per heavy atom. The number of hydrogen-bond acceptors (Lipinski definition) is 1. The standard InChI is InChI=1S/C35H33F3N2O/c1-22(2)28-11-8-12-29(19-28)33(35(36,37)38)39-34(41)30-17-18-32-31(20-30)23(3)24(4)40(32)21-25-13-15-27(16-14-25)26-9-6-5-7-10-26/h5-20,22,33H,21H2,1-4H3,(H,39,41). The number of carbonyl (C=O) groups is 1. The quantitative estimate of drug-likeness (QED) is 0.214. The highest BCUT2D eigenvalue weighted by Gasteiger charge is 2.42. The molecule has 6 heteroatoms. The Kier molecular flexibility index (Phi) is 7.76. The van der Waals surface area contributed by atoms with Gasteiger partial charge in [-0.3, -0.25) is 4.79 Å². The molecule has 1 heterocycles. The number of rotatable bonds is 7. The molecule has 5 rings (SSSR count). The first kappa shape index (κ1) is 28.2. The van der Waals surface area contributed by atoms with Gasteiger partial charge in [0.25, 0.3) is 5.91 Å². The van der Waals surface area contributed by atoms with Crippen LogP contribution in [-0.4, -0.2) is 16.7 Å². The van der Waals surface area contributed by atoms with Crippen LogP contribution in [0.4, 0.5) is 13.2 Å². The number of amides is 1. The molecule has 1 N–H and O–H groups in total. The van der Waals surface area contributed by atoms with Gasteiger partial charge >= 0.3 is 6.18 Å². The van der Waals surface area contributed by atoms with Gasteiger partial charge in [0.15, 0.2) is 6.04 Å². The molecule has 1 amide bonds. The molecule has 0 aliphatic rings. The summed E-state index contributed by atoms with van der Waals surface area (Å²) in [6.45, 7) is 8.48. The summed E-state index contributed by atoms with van der Waals surface area (Å²) in [5.41, 5.74) is 7.40. The van der Waals surface area contributed by atoms with Crippen LogP contribution in [0.15, 0.2) is 97.1 Å². The second-order valence-corrected chi connectivity index (χ2v) is 10.9. The lowest BCUT2D eigenvalue weighted by Gasteiger charge is -2.23. The normalized spacial score (nSPS) is 12.6. The third-order valence-corrected chi connectivity index (χ3v) is 7.82. The number of aromatic nitrogens is 1. The monoisotopic (exact) mass is 554 g/mol. The fraction of sp³-hybridized carbons (Fsp3) is 0.229. The molecule has 0 saturated carbocycles. The second-order valence-electron chi connectivity index (χ2n) is 10.9. The van der Waals surface area contributed by atoms with Crippen LogP contribution >= 0.6 is 0 Å². The molecule has 0 radical (unpaired) electrons. The predicted molar refractivity (Wildman–Crippen MR) is 159 cm³/mol. The highest BCUT2D eigenvalue weighted by Crippen LogP contribution is 2.35. The first-order valence-electron chi connectivity index (χ1n) is 13.7. The van der Waals surface area contributed by atoms with Gasteiger partial charge < -0.3 is 9.88 Å². The van der Waals surface area contributed by atoms with E-state index in [1.807, 2.05) is 52.0 Å². The SMILES string of the molecule is Cc1c(C)n(Cc2ccc(-c3ccccc3)cc2)c2ccc(C(=O)NC(c3cccc(C(C)C)c3)C(F)(F)F)cc12. The number of alkyl halides is 3. The Morgan fingerprint density at radius 1 is 0.805 bits per heavy atom. The maximum atomic E-state index is 14.1. The van der Waals surface area contributed by atoms with Gasteiger partial charge in [0.05, 0.1) is 0 Å². The smallest absolute Gasteiger partial charge is 0.340 e. The Labute approximate surface area is 238 Å². The zero-order valence-electron chi connectivity index (χ0n) is 23.6. The Bertz CT molecular complexity index is 1680. The van der Waals surface area contributed by atoms with Crippen molar-refractivity contribution in [1.29, 1.82) is 0 Å². The van der Waals surface area contributed by atoms with Gasteiger partial charge in [0, 0.05) is 28.7 Å². The van der Waals surface area contributed by atoms with Crippen LogP contribution in [0.2, 0.25) is 0 Å². The topological polar surface area (TPSA) is 34.0 Å². The molecule has 1 atom stereocenters. The average molecular weight is 555 g/mol. The number of aryl methyl sites for hydroxylation is 1. The molecule has 3 nitrogen and oxygen atoms in total. The van der Waals surface area contributed by atoms with Gasteiger partial charge in [-0.15, -0.1) is 0 Å². The fourth-order valence-electron chi connectivity index (χ4n) is 5.28. The van der Waals surface area contributed by atoms with Crippen LogP contribution in [0, 0.1) is 13.8 Å². The molecule has 5 aromatic rings. The summed E-state index contributed by atoms with van der Waals surface area (Å²) in [5.74, 6) is -0.690. The van der Waals surface area contributed by atoms with Crippen LogP contribution in [-0.2, 0) is 6.54 Å². The summed E-state index contributed by atoms with van der Waals surface area (Å²) in [5, 5.41) is 3.10. The van der Waals surface area contributed by atoms with E-state index in [2.05, 4.69) is 46.3 Å². The van der Waals surface area contributed by atoms with Crippen LogP contribution in [0.1, 0.15) is 64.1 Å². The van der Waals surface area contributed by atoms with Crippen molar-refractivity contribution in [2.45, 2.75) is 52.4 Å². The fourth-order valence-corrected chi connectivity index (χ4v) is 5.28. The number of fused-ring (bicyclic) bond motifs is 1. The van der Waals surface area contributed by atoms with Gasteiger partial charge in [-0.2, -0.15) is 13.2 Å². The maximum absolute atomic E-state index is 14.1. The molecule has 4 aromatic carbocycles. The van der Waals surface area contributed by atoms with Crippen molar-refractivity contribution >= 4 is 16.8 Å². The molecule has 1 aromatic heterocycles. The summed E-state index contributed by atoms with van der Waals surface area (Å²) >= 11 is 0. The molecule has 0 saturated heterocycles. The first-order chi connectivity index (χ1) is 19.5. The maximum Gasteiger partial charge on any atom is 0.412 e. The number of hydrogen-bond donors (Lipinski definition) is 1. The molecule has 0 aliphatic carbocycles. The van der Waals surface area contributed by atoms with Gasteiger partial charge in [-0.1, -0.05) is 92.7 Å². The second kappa shape index (κ2) is 11.3. The van der Waals surface area contributed by atoms with Crippen molar-refractivity contribution in [3.05, 3.63) is 131 Å². The first-order valence-corrected chi connectivity index (χ1v) is 13.7. The zero-order valence-corrected chi connectivity index (χ0v) is 23.6. The number of halogens is 3. The molecule has 0 spiro atoms. The molecule has 1 unspecified atom stereocenters. The number of carbonyl (C=O) groups excluding carboxylic acids is 1. The van der Waals surface area contributed by atoms with Crippen molar-refractivity contribution in [2.75, 3.05) is 0 Å². The van der Waals surface area contributed by atoms with Crippen LogP contribution in [0.25, 0.3) is 22.0 Å². The van der Waals surface area contributed by atoms with E-state index >= 15 is 0 Å². The van der Waals surface area contributed by atoms with E-state index in [9.17, 15) is 18.0 Å². The largest absolute Gasteiger partial charge is 0.412 e. The van der Waals surface area contributed by atoms with E-state index in [-0.39, 0.29) is 17.0 Å². The molecule has 210 valence electrons. The van der Waals surface area contributed by atoms with Crippen molar-refractivity contribution in [1.82, 2.24) is 9.88 Å². The molecule has 0 aliphatic heterocycles. The predicted octanol–water partition coefficient (Wildman–Crippen LogP) is 9.13. The number of benzene rings is 4. The van der Waals surface area contributed by atoms with E-state index < -0.39 is 18.1 Å². The highest BCUT2D eigenvalue weighted by molar-refractivity contribution is 5.99. The lowest BCUT2D eigenvalue weighted by atomic mass is 9.97. The van der Waals surface area contributed by atoms with Crippen LogP contribution < -0.4 is 5.32 Å². The van der Waals surface area contributed by atoms with Gasteiger partial charge in [-0.05, 0) is 71.3 Å². The van der Waals surface area contributed by atoms with Gasteiger partial charge in [0.1, 0.15) is 0 Å². The molecule has 0 bridgehead atoms. The Balaban J connectivity index is 1.41. The van der Waals surface area contributed by atoms with E-state index in [0.717, 1.165) is 44.4 Å². The Morgan fingerprint density at radius 3 is 2.12 bits per heavy atom. The highest BCUT2D eigenvalue weighted by atomic mass is 19.4. The molecular formula is C35H33F3N2O. The third kappa shape index (κ3) is 5.92. The van der Waals surface area contributed by atoms with E-state index in [0.29, 0.717) is 6.54 Å². The minimum Gasteiger partial charge on any atom is -0.340 e. The summed E-state index contributed by atoms with van der Waals surface area (Å²) in [6.07, 6.45) is -4.64. The van der Waals surface area contributed by atoms with E-state index in [4.69, 9.17) is 0 Å². The summed E-state index contributed by atoms with van der Waals surface area (Å²) < 4.78 is 44.5. The van der Waals surface area contributed by atoms with Crippen LogP contribution in [0.3, 0.4) is 0 Å². The zero-order chi connectivity index (χ0) is 29.3. The van der Waals surface area contributed by atoms with Crippen LogP contribution in [0.5, 0.6) is 0 Å². The van der Waals surface area contributed by atoms with E-state index in [1.54, 1.807) is 24.3 Å². The lowest BCUT2D eigenvalue weighted by Crippen LogP contribution is -2.38. The van der Waals surface area contributed by atoms with Crippen molar-refractivity contribution in [3.63, 3.8) is 0 Å². The van der Waals surface area contributed by atoms with Crippen molar-refractivity contribution in [2.24, 2.45) is 0 Å². The third-order valence-electron chi connectivity index (χ3n) is 7.82. The molecular weight excluding hydrogens is 521 g/mol. The average Bonchev–Trinajstić information content (AvgIpc) is 3.20. The lowest BCUT2D eigenvalue weighted by molar-refractivity contribution is -0.155. The molecule has 41 heavy (non-hydrogen) atoms. The van der Waals surface area contributed by atoms with Gasteiger partial charge in [0.2, 0.25) is 0 Å². The molecule has 0 fully saturated rings. The minimum atomic E-state index is -4.64. The van der Waals surface area contributed by atoms with Crippen molar-refractivity contribution in [3.8, 4) is 11.1 Å². The number of nitrogens with zero attached hydrogens (tertiary/aromatic N) is 1. The summed E-state index contributed by atoms with van der Waals surface area (Å²) in [4.78, 5) is 13.2. The van der Waals surface area contributed by atoms with Gasteiger partial charge in [-0.25, -0.2) is 0 Å².